The van der Waals surface area contributed by atoms with Crippen LogP contribution in [0.5, 0.6) is 5.75 Å². The topological polar surface area (TPSA) is 76.7 Å². The molecule has 0 aliphatic carbocycles. The maximum atomic E-state index is 13.5. The molecule has 2 aromatic rings. The molecule has 0 bridgehead atoms. The van der Waals surface area contributed by atoms with Crippen LogP contribution in [-0.4, -0.2) is 16.9 Å². The van der Waals surface area contributed by atoms with Gasteiger partial charge < -0.3 is 14.3 Å². The number of carbonyl (C=O) groups excluding carboxylic acids is 1. The number of ketones is 1. The number of furan rings is 1. The number of aromatic carboxylic acids is 1. The van der Waals surface area contributed by atoms with E-state index in [4.69, 9.17) is 14.3 Å². The van der Waals surface area contributed by atoms with E-state index >= 15 is 0 Å². The Kier molecular flexibility index (Phi) is 3.84. The third-order valence-corrected chi connectivity index (χ3v) is 2.60. The molecule has 0 spiro atoms. The zero-order valence-electron chi connectivity index (χ0n) is 10.6. The van der Waals surface area contributed by atoms with Crippen molar-refractivity contribution in [1.82, 2.24) is 0 Å². The molecule has 1 N–H and O–H groups in total. The summed E-state index contributed by atoms with van der Waals surface area (Å²) in [5.41, 5.74) is 0.00483. The second-order valence-electron chi connectivity index (χ2n) is 4.09. The molecule has 104 valence electrons. The van der Waals surface area contributed by atoms with Crippen molar-refractivity contribution < 1.29 is 28.2 Å². The summed E-state index contributed by atoms with van der Waals surface area (Å²) in [5, 5.41) is 8.72. The van der Waals surface area contributed by atoms with Crippen LogP contribution in [0.25, 0.3) is 0 Å². The first-order valence-electron chi connectivity index (χ1n) is 5.71. The van der Waals surface area contributed by atoms with Crippen molar-refractivity contribution in [2.24, 2.45) is 0 Å². The number of hydrogen-bond donors (Lipinski definition) is 1. The number of ether oxygens (including phenoxy) is 1. The molecule has 1 aromatic carbocycles. The van der Waals surface area contributed by atoms with Crippen molar-refractivity contribution in [3.05, 3.63) is 53.2 Å². The van der Waals surface area contributed by atoms with Crippen LogP contribution >= 0.6 is 0 Å². The molecule has 0 aliphatic heterocycles. The monoisotopic (exact) mass is 278 g/mol. The number of rotatable bonds is 5. The zero-order chi connectivity index (χ0) is 14.7. The molecule has 6 heteroatoms. The van der Waals surface area contributed by atoms with E-state index in [0.29, 0.717) is 5.76 Å². The predicted molar refractivity (Wildman–Crippen MR) is 66.4 cm³/mol. The van der Waals surface area contributed by atoms with Gasteiger partial charge in [-0.2, -0.15) is 0 Å². The quantitative estimate of drug-likeness (QED) is 0.851. The third-order valence-electron chi connectivity index (χ3n) is 2.60. The van der Waals surface area contributed by atoms with Crippen LogP contribution in [0, 0.1) is 5.82 Å². The molecule has 0 unspecified atom stereocenters. The van der Waals surface area contributed by atoms with Gasteiger partial charge in [-0.05, 0) is 25.1 Å². The summed E-state index contributed by atoms with van der Waals surface area (Å²) in [7, 11) is 0. The predicted octanol–water partition coefficient (Wildman–Crippen LogP) is 2.90. The molecule has 1 aromatic heterocycles. The second kappa shape index (κ2) is 5.56. The Morgan fingerprint density at radius 1 is 1.35 bits per heavy atom. The Balaban J connectivity index is 2.05. The van der Waals surface area contributed by atoms with Gasteiger partial charge in [-0.15, -0.1) is 0 Å². The first-order chi connectivity index (χ1) is 9.47. The van der Waals surface area contributed by atoms with E-state index in [1.54, 1.807) is 0 Å². The minimum Gasteiger partial charge on any atom is -0.486 e. The SMILES string of the molecule is CC(=O)c1ccc(OCc2cc(C(=O)O)co2)cc1F. The molecule has 0 saturated carbocycles. The standard InChI is InChI=1S/C14H11FO5/c1-8(16)12-3-2-10(5-13(12)15)20-7-11-4-9(6-19-11)14(17)18/h2-6H,7H2,1H3,(H,17,18). The Hall–Kier alpha value is -2.63. The molecule has 0 aliphatic rings. The molecule has 2 rings (SSSR count). The lowest BCUT2D eigenvalue weighted by Gasteiger charge is -2.05. The number of carbonyl (C=O) groups is 2. The molecule has 20 heavy (non-hydrogen) atoms. The summed E-state index contributed by atoms with van der Waals surface area (Å²) in [6.07, 6.45) is 1.10. The average Bonchev–Trinajstić information content (AvgIpc) is 2.85. The van der Waals surface area contributed by atoms with Gasteiger partial charge in [0.25, 0.3) is 0 Å². The molecule has 0 radical (unpaired) electrons. The largest absolute Gasteiger partial charge is 0.486 e. The lowest BCUT2D eigenvalue weighted by Crippen LogP contribution is -1.99. The first kappa shape index (κ1) is 13.8. The summed E-state index contributed by atoms with van der Waals surface area (Å²) < 4.78 is 23.8. The number of benzene rings is 1. The molecule has 0 saturated heterocycles. The van der Waals surface area contributed by atoms with Crippen LogP contribution in [0.2, 0.25) is 0 Å². The van der Waals surface area contributed by atoms with Gasteiger partial charge in [0.05, 0.1) is 11.1 Å². The van der Waals surface area contributed by atoms with E-state index in [9.17, 15) is 14.0 Å². The van der Waals surface area contributed by atoms with Gasteiger partial charge in [0, 0.05) is 6.07 Å². The highest BCUT2D eigenvalue weighted by atomic mass is 19.1. The lowest BCUT2D eigenvalue weighted by atomic mass is 10.1. The van der Waals surface area contributed by atoms with Crippen molar-refractivity contribution in [3.63, 3.8) is 0 Å². The van der Waals surface area contributed by atoms with E-state index in [-0.39, 0.29) is 29.3 Å². The van der Waals surface area contributed by atoms with Crippen LogP contribution in [0.3, 0.4) is 0 Å². The van der Waals surface area contributed by atoms with Gasteiger partial charge in [0.15, 0.2) is 5.78 Å². The maximum Gasteiger partial charge on any atom is 0.338 e. The van der Waals surface area contributed by atoms with E-state index in [1.165, 1.54) is 25.1 Å². The van der Waals surface area contributed by atoms with Gasteiger partial charge >= 0.3 is 5.97 Å². The normalized spacial score (nSPS) is 10.3. The van der Waals surface area contributed by atoms with Gasteiger partial charge in [-0.1, -0.05) is 0 Å². The molecule has 0 amide bonds. The summed E-state index contributed by atoms with van der Waals surface area (Å²) in [6, 6.07) is 5.21. The van der Waals surface area contributed by atoms with Crippen LogP contribution in [-0.2, 0) is 6.61 Å². The molecular formula is C14H11FO5. The van der Waals surface area contributed by atoms with E-state index in [2.05, 4.69) is 0 Å². The molecular weight excluding hydrogens is 267 g/mol. The third kappa shape index (κ3) is 3.03. The summed E-state index contributed by atoms with van der Waals surface area (Å²) in [6.45, 7) is 1.24. The number of halogens is 1. The van der Waals surface area contributed by atoms with Crippen molar-refractivity contribution >= 4 is 11.8 Å². The fourth-order valence-corrected chi connectivity index (χ4v) is 1.59. The summed E-state index contributed by atoms with van der Waals surface area (Å²) >= 11 is 0. The van der Waals surface area contributed by atoms with Crippen molar-refractivity contribution in [2.75, 3.05) is 0 Å². The number of carboxylic acid groups (broad SMARTS) is 1. The van der Waals surface area contributed by atoms with Gasteiger partial charge in [-0.25, -0.2) is 9.18 Å². The molecule has 5 nitrogen and oxygen atoms in total. The summed E-state index contributed by atoms with van der Waals surface area (Å²) in [4.78, 5) is 21.7. The Labute approximate surface area is 113 Å². The van der Waals surface area contributed by atoms with Crippen LogP contribution in [0.1, 0.15) is 33.4 Å². The summed E-state index contributed by atoms with van der Waals surface area (Å²) in [5.74, 6) is -1.61. The fourth-order valence-electron chi connectivity index (χ4n) is 1.59. The highest BCUT2D eigenvalue weighted by Gasteiger charge is 2.11. The van der Waals surface area contributed by atoms with E-state index < -0.39 is 11.8 Å². The molecule has 0 fully saturated rings. The molecule has 0 atom stereocenters. The smallest absolute Gasteiger partial charge is 0.338 e. The first-order valence-corrected chi connectivity index (χ1v) is 5.71. The van der Waals surface area contributed by atoms with E-state index in [0.717, 1.165) is 12.3 Å². The minimum absolute atomic E-state index is 0.0106. The number of Topliss-reactive ketones (excluding diaryl/α,β-unsaturated/α-hetero) is 1. The Bertz CT molecular complexity index is 659. The van der Waals surface area contributed by atoms with Gasteiger partial charge in [-0.3, -0.25) is 4.79 Å². The molecule has 1 heterocycles. The highest BCUT2D eigenvalue weighted by molar-refractivity contribution is 5.94. The Morgan fingerprint density at radius 3 is 2.65 bits per heavy atom. The van der Waals surface area contributed by atoms with E-state index in [1.807, 2.05) is 0 Å². The fraction of sp³-hybridized carbons (Fsp3) is 0.143. The Morgan fingerprint density at radius 2 is 2.10 bits per heavy atom. The van der Waals surface area contributed by atoms with Crippen molar-refractivity contribution in [3.8, 4) is 5.75 Å². The van der Waals surface area contributed by atoms with Crippen LogP contribution in [0.15, 0.2) is 34.9 Å². The maximum absolute atomic E-state index is 13.5. The van der Waals surface area contributed by atoms with Crippen molar-refractivity contribution in [1.29, 1.82) is 0 Å². The van der Waals surface area contributed by atoms with Crippen LogP contribution < -0.4 is 4.74 Å². The highest BCUT2D eigenvalue weighted by Crippen LogP contribution is 2.19. The van der Waals surface area contributed by atoms with Gasteiger partial charge in [0.1, 0.15) is 30.2 Å². The number of carboxylic acids is 1. The zero-order valence-corrected chi connectivity index (χ0v) is 10.6. The van der Waals surface area contributed by atoms with Gasteiger partial charge in [0.2, 0.25) is 0 Å². The van der Waals surface area contributed by atoms with Crippen LogP contribution in [0.4, 0.5) is 4.39 Å². The minimum atomic E-state index is -1.10. The second-order valence-corrected chi connectivity index (χ2v) is 4.09. The lowest BCUT2D eigenvalue weighted by molar-refractivity contribution is 0.0696. The number of hydrogen-bond acceptors (Lipinski definition) is 4. The average molecular weight is 278 g/mol. The van der Waals surface area contributed by atoms with Crippen molar-refractivity contribution in [2.45, 2.75) is 13.5 Å².